The number of hydrogen-bond acceptors (Lipinski definition) is 2. The quantitative estimate of drug-likeness (QED) is 0.725. The fourth-order valence-corrected chi connectivity index (χ4v) is 1.81. The summed E-state index contributed by atoms with van der Waals surface area (Å²) in [5, 5.41) is 3.12. The lowest BCUT2D eigenvalue weighted by molar-refractivity contribution is 0.187. The minimum atomic E-state index is 0.168. The summed E-state index contributed by atoms with van der Waals surface area (Å²) in [5.41, 5.74) is 0. The van der Waals surface area contributed by atoms with Crippen LogP contribution in [0.4, 0.5) is 4.79 Å². The average Bonchev–Trinajstić information content (AvgIpc) is 2.42. The van der Waals surface area contributed by atoms with E-state index in [4.69, 9.17) is 0 Å². The predicted octanol–water partition coefficient (Wildman–Crippen LogP) is 0.740. The maximum atomic E-state index is 11.8. The van der Waals surface area contributed by atoms with Crippen LogP contribution in [-0.4, -0.2) is 55.1 Å². The molecule has 0 aromatic carbocycles. The van der Waals surface area contributed by atoms with Crippen molar-refractivity contribution >= 4 is 6.03 Å². The summed E-state index contributed by atoms with van der Waals surface area (Å²) >= 11 is 0. The highest BCUT2D eigenvalue weighted by Crippen LogP contribution is 2.18. The second-order valence-corrected chi connectivity index (χ2v) is 4.19. The van der Waals surface area contributed by atoms with E-state index in [0.717, 1.165) is 19.5 Å². The molecule has 82 valence electrons. The number of rotatable bonds is 4. The number of hydrogen-bond donors (Lipinski definition) is 1. The van der Waals surface area contributed by atoms with E-state index in [9.17, 15) is 4.79 Å². The highest BCUT2D eigenvalue weighted by Gasteiger charge is 2.35. The van der Waals surface area contributed by atoms with Crippen LogP contribution in [0.25, 0.3) is 0 Å². The van der Waals surface area contributed by atoms with Gasteiger partial charge in [-0.15, -0.1) is 0 Å². The fraction of sp³-hybridized carbons (Fsp3) is 0.900. The molecular formula is C10H21N3O. The molecule has 2 amide bonds. The van der Waals surface area contributed by atoms with E-state index in [1.54, 1.807) is 0 Å². The summed E-state index contributed by atoms with van der Waals surface area (Å²) < 4.78 is 0. The lowest BCUT2D eigenvalue weighted by Crippen LogP contribution is -2.35. The Labute approximate surface area is 86.2 Å². The molecule has 1 aliphatic heterocycles. The molecule has 0 aromatic rings. The number of nitrogens with zero attached hydrogens (tertiary/aromatic N) is 2. The Hall–Kier alpha value is -0.770. The Kier molecular flexibility index (Phi) is 3.75. The normalized spacial score (nSPS) is 22.6. The minimum absolute atomic E-state index is 0.168. The SMILES string of the molecule is CNCCC1CN(C(C)C)C(=O)N1C. The van der Waals surface area contributed by atoms with E-state index in [0.29, 0.717) is 12.1 Å². The molecule has 1 unspecified atom stereocenters. The first-order valence-corrected chi connectivity index (χ1v) is 5.26. The molecule has 1 aliphatic rings. The molecule has 1 saturated heterocycles. The smallest absolute Gasteiger partial charge is 0.320 e. The van der Waals surface area contributed by atoms with E-state index >= 15 is 0 Å². The Morgan fingerprint density at radius 2 is 2.21 bits per heavy atom. The summed E-state index contributed by atoms with van der Waals surface area (Å²) in [4.78, 5) is 15.5. The van der Waals surface area contributed by atoms with Gasteiger partial charge in [-0.05, 0) is 33.9 Å². The lowest BCUT2D eigenvalue weighted by Gasteiger charge is -2.19. The summed E-state index contributed by atoms with van der Waals surface area (Å²) in [5.74, 6) is 0. The van der Waals surface area contributed by atoms with Crippen LogP contribution in [0.1, 0.15) is 20.3 Å². The Balaban J connectivity index is 2.53. The molecule has 4 nitrogen and oxygen atoms in total. The van der Waals surface area contributed by atoms with Crippen LogP contribution in [0.3, 0.4) is 0 Å². The van der Waals surface area contributed by atoms with Crippen molar-refractivity contribution in [1.82, 2.24) is 15.1 Å². The number of carbonyl (C=O) groups is 1. The van der Waals surface area contributed by atoms with Crippen molar-refractivity contribution in [3.05, 3.63) is 0 Å². The average molecular weight is 199 g/mol. The van der Waals surface area contributed by atoms with Gasteiger partial charge in [0.05, 0.1) is 6.04 Å². The van der Waals surface area contributed by atoms with Crippen LogP contribution in [0.2, 0.25) is 0 Å². The second-order valence-electron chi connectivity index (χ2n) is 4.19. The fourth-order valence-electron chi connectivity index (χ4n) is 1.81. The molecule has 0 radical (unpaired) electrons. The molecular weight excluding hydrogens is 178 g/mol. The minimum Gasteiger partial charge on any atom is -0.323 e. The molecule has 4 heteroatoms. The van der Waals surface area contributed by atoms with Gasteiger partial charge in [0.15, 0.2) is 0 Å². The second kappa shape index (κ2) is 4.64. The molecule has 14 heavy (non-hydrogen) atoms. The number of carbonyl (C=O) groups excluding carboxylic acids is 1. The largest absolute Gasteiger partial charge is 0.323 e. The molecule has 0 aromatic heterocycles. The Morgan fingerprint density at radius 1 is 1.57 bits per heavy atom. The van der Waals surface area contributed by atoms with E-state index in [1.807, 2.05) is 23.9 Å². The molecule has 1 rings (SSSR count). The molecule has 0 spiro atoms. The molecule has 1 atom stereocenters. The summed E-state index contributed by atoms with van der Waals surface area (Å²) in [6.07, 6.45) is 1.03. The molecule has 0 bridgehead atoms. The molecule has 1 heterocycles. The third-order valence-corrected chi connectivity index (χ3v) is 2.85. The Morgan fingerprint density at radius 3 is 2.64 bits per heavy atom. The van der Waals surface area contributed by atoms with Gasteiger partial charge in [0.1, 0.15) is 0 Å². The highest BCUT2D eigenvalue weighted by molar-refractivity contribution is 5.77. The van der Waals surface area contributed by atoms with Crippen molar-refractivity contribution in [1.29, 1.82) is 0 Å². The molecule has 1 N–H and O–H groups in total. The summed E-state index contributed by atoms with van der Waals surface area (Å²) in [7, 11) is 3.84. The zero-order chi connectivity index (χ0) is 10.7. The van der Waals surface area contributed by atoms with Gasteiger partial charge < -0.3 is 15.1 Å². The van der Waals surface area contributed by atoms with Crippen LogP contribution in [0.5, 0.6) is 0 Å². The van der Waals surface area contributed by atoms with Crippen molar-refractivity contribution in [2.45, 2.75) is 32.4 Å². The number of nitrogens with one attached hydrogen (secondary N) is 1. The van der Waals surface area contributed by atoms with Crippen LogP contribution in [-0.2, 0) is 0 Å². The van der Waals surface area contributed by atoms with Crippen LogP contribution in [0.15, 0.2) is 0 Å². The van der Waals surface area contributed by atoms with E-state index in [-0.39, 0.29) is 6.03 Å². The van der Waals surface area contributed by atoms with Gasteiger partial charge in [-0.25, -0.2) is 4.79 Å². The van der Waals surface area contributed by atoms with Crippen molar-refractivity contribution in [2.75, 3.05) is 27.2 Å². The van der Waals surface area contributed by atoms with Gasteiger partial charge in [-0.2, -0.15) is 0 Å². The zero-order valence-corrected chi connectivity index (χ0v) is 9.58. The van der Waals surface area contributed by atoms with E-state index in [2.05, 4.69) is 19.2 Å². The van der Waals surface area contributed by atoms with Gasteiger partial charge in [-0.3, -0.25) is 0 Å². The molecule has 0 aliphatic carbocycles. The predicted molar refractivity (Wildman–Crippen MR) is 57.3 cm³/mol. The maximum Gasteiger partial charge on any atom is 0.320 e. The van der Waals surface area contributed by atoms with Gasteiger partial charge in [-0.1, -0.05) is 0 Å². The monoisotopic (exact) mass is 199 g/mol. The highest BCUT2D eigenvalue weighted by atomic mass is 16.2. The standard InChI is InChI=1S/C10H21N3O/c1-8(2)13-7-9(5-6-11-3)12(4)10(13)14/h8-9,11H,5-7H2,1-4H3. The van der Waals surface area contributed by atoms with Crippen LogP contribution >= 0.6 is 0 Å². The Bertz CT molecular complexity index is 206. The van der Waals surface area contributed by atoms with Crippen LogP contribution < -0.4 is 5.32 Å². The third-order valence-electron chi connectivity index (χ3n) is 2.85. The van der Waals surface area contributed by atoms with Crippen molar-refractivity contribution in [3.8, 4) is 0 Å². The topological polar surface area (TPSA) is 35.6 Å². The summed E-state index contributed by atoms with van der Waals surface area (Å²) in [6.45, 7) is 5.96. The first-order valence-electron chi connectivity index (χ1n) is 5.26. The van der Waals surface area contributed by atoms with Gasteiger partial charge in [0.2, 0.25) is 0 Å². The third kappa shape index (κ3) is 2.18. The molecule has 0 saturated carbocycles. The van der Waals surface area contributed by atoms with Crippen molar-refractivity contribution < 1.29 is 4.79 Å². The number of urea groups is 1. The zero-order valence-electron chi connectivity index (χ0n) is 9.58. The van der Waals surface area contributed by atoms with Gasteiger partial charge >= 0.3 is 6.03 Å². The molecule has 1 fully saturated rings. The first kappa shape index (κ1) is 11.3. The van der Waals surface area contributed by atoms with Crippen molar-refractivity contribution in [2.24, 2.45) is 0 Å². The van der Waals surface area contributed by atoms with Crippen molar-refractivity contribution in [3.63, 3.8) is 0 Å². The maximum absolute atomic E-state index is 11.8. The van der Waals surface area contributed by atoms with Gasteiger partial charge in [0.25, 0.3) is 0 Å². The van der Waals surface area contributed by atoms with E-state index < -0.39 is 0 Å². The number of amides is 2. The van der Waals surface area contributed by atoms with E-state index in [1.165, 1.54) is 0 Å². The summed E-state index contributed by atoms with van der Waals surface area (Å²) in [6, 6.07) is 0.850. The number of likely N-dealkylation sites (N-methyl/N-ethyl adjacent to an activating group) is 1. The van der Waals surface area contributed by atoms with Gasteiger partial charge in [0, 0.05) is 19.6 Å². The lowest BCUT2D eigenvalue weighted by atomic mass is 10.2. The van der Waals surface area contributed by atoms with Crippen LogP contribution in [0, 0.1) is 0 Å². The first-order chi connectivity index (χ1) is 6.57.